The first-order chi connectivity index (χ1) is 21.9. The molecule has 0 radical (unpaired) electrons. The van der Waals surface area contributed by atoms with Gasteiger partial charge in [-0.1, -0.05) is 72.3 Å². The molecule has 228 valence electrons. The average Bonchev–Trinajstić information content (AvgIpc) is 3.38. The summed E-state index contributed by atoms with van der Waals surface area (Å²) in [5.74, 6) is -1.57. The quantitative estimate of drug-likeness (QED) is 0.140. The number of esters is 1. The summed E-state index contributed by atoms with van der Waals surface area (Å²) >= 11 is 5.86. The molecule has 0 spiro atoms. The molecular weight excluding hydrogens is 590 g/mol. The Bertz CT molecular complexity index is 1630. The lowest BCUT2D eigenvalue weighted by molar-refractivity contribution is -0.123. The summed E-state index contributed by atoms with van der Waals surface area (Å²) in [6, 6.07) is 32.8. The van der Waals surface area contributed by atoms with Crippen LogP contribution >= 0.6 is 11.6 Å². The standard InChI is InChI=1S/C36H32ClN3O5/c37-29-15-11-25(12-16-29)32(41)24-45-36(44)28-13-17-30(18-14-28)40-33(42)23-31(35(40)43)38-19-21-39(22-20-38)34(26-7-3-1-4-8-26)27-9-5-2-6-10-27/h1-18,31,34H,19-24H2. The minimum atomic E-state index is -0.678. The summed E-state index contributed by atoms with van der Waals surface area (Å²) < 4.78 is 5.18. The summed E-state index contributed by atoms with van der Waals surface area (Å²) in [5.41, 5.74) is 3.43. The zero-order valence-electron chi connectivity index (χ0n) is 24.6. The van der Waals surface area contributed by atoms with Gasteiger partial charge in [-0.2, -0.15) is 0 Å². The van der Waals surface area contributed by atoms with Crippen LogP contribution in [0.2, 0.25) is 5.02 Å². The zero-order valence-corrected chi connectivity index (χ0v) is 25.3. The summed E-state index contributed by atoms with van der Waals surface area (Å²) in [4.78, 5) is 57.2. The smallest absolute Gasteiger partial charge is 0.338 e. The van der Waals surface area contributed by atoms with Gasteiger partial charge in [0.1, 0.15) is 0 Å². The SMILES string of the molecule is O=C(COC(=O)c1ccc(N2C(=O)CC(N3CCN(C(c4ccccc4)c4ccccc4)CC3)C2=O)cc1)c1ccc(Cl)cc1. The molecule has 1 unspecified atom stereocenters. The molecule has 2 amide bonds. The second-order valence-electron chi connectivity index (χ2n) is 11.1. The van der Waals surface area contributed by atoms with Crippen molar-refractivity contribution in [2.24, 2.45) is 0 Å². The highest BCUT2D eigenvalue weighted by Crippen LogP contribution is 2.32. The first-order valence-electron chi connectivity index (χ1n) is 14.9. The van der Waals surface area contributed by atoms with Gasteiger partial charge in [-0.3, -0.25) is 24.2 Å². The molecule has 2 aliphatic heterocycles. The van der Waals surface area contributed by atoms with E-state index in [1.54, 1.807) is 36.4 Å². The molecule has 2 heterocycles. The van der Waals surface area contributed by atoms with Crippen molar-refractivity contribution in [2.75, 3.05) is 37.7 Å². The molecule has 4 aromatic carbocycles. The third kappa shape index (κ3) is 6.73. The first-order valence-corrected chi connectivity index (χ1v) is 15.3. The van der Waals surface area contributed by atoms with Gasteiger partial charge >= 0.3 is 5.97 Å². The Morgan fingerprint density at radius 3 is 1.87 bits per heavy atom. The number of carbonyl (C=O) groups excluding carboxylic acids is 4. The lowest BCUT2D eigenvalue weighted by Gasteiger charge is -2.41. The van der Waals surface area contributed by atoms with E-state index in [0.717, 1.165) is 13.1 Å². The first kappa shape index (κ1) is 30.4. The molecule has 2 fully saturated rings. The Labute approximate surface area is 266 Å². The third-order valence-electron chi connectivity index (χ3n) is 8.37. The number of Topliss-reactive ketones (excluding diaryl/α,β-unsaturated/α-hetero) is 1. The van der Waals surface area contributed by atoms with Crippen LogP contribution in [0.4, 0.5) is 5.69 Å². The predicted octanol–water partition coefficient (Wildman–Crippen LogP) is 5.42. The molecule has 4 aromatic rings. The van der Waals surface area contributed by atoms with E-state index in [0.29, 0.717) is 29.4 Å². The molecule has 0 aromatic heterocycles. The van der Waals surface area contributed by atoms with Crippen molar-refractivity contribution in [1.29, 1.82) is 0 Å². The van der Waals surface area contributed by atoms with Crippen LogP contribution in [-0.2, 0) is 14.3 Å². The maximum absolute atomic E-state index is 13.5. The fourth-order valence-corrected chi connectivity index (χ4v) is 6.17. The van der Waals surface area contributed by atoms with Crippen molar-refractivity contribution in [2.45, 2.75) is 18.5 Å². The van der Waals surface area contributed by atoms with Crippen LogP contribution < -0.4 is 4.90 Å². The number of anilines is 1. The van der Waals surface area contributed by atoms with Crippen molar-refractivity contribution in [3.63, 3.8) is 0 Å². The van der Waals surface area contributed by atoms with Gasteiger partial charge in [-0.05, 0) is 59.7 Å². The van der Waals surface area contributed by atoms with E-state index < -0.39 is 18.6 Å². The number of nitrogens with zero attached hydrogens (tertiary/aromatic N) is 3. The number of hydrogen-bond acceptors (Lipinski definition) is 7. The Hall–Kier alpha value is -4.63. The minimum Gasteiger partial charge on any atom is -0.454 e. The molecule has 9 heteroatoms. The van der Waals surface area contributed by atoms with Gasteiger partial charge < -0.3 is 4.74 Å². The normalized spacial score (nSPS) is 17.6. The Kier molecular flexibility index (Phi) is 9.16. The summed E-state index contributed by atoms with van der Waals surface area (Å²) in [6.45, 7) is 2.41. The Morgan fingerprint density at radius 2 is 1.29 bits per heavy atom. The average molecular weight is 622 g/mol. The molecule has 2 aliphatic rings. The highest BCUT2D eigenvalue weighted by molar-refractivity contribution is 6.30. The van der Waals surface area contributed by atoms with Crippen LogP contribution in [0.1, 0.15) is 44.3 Å². The van der Waals surface area contributed by atoms with Gasteiger partial charge in [0.25, 0.3) is 5.91 Å². The van der Waals surface area contributed by atoms with Crippen LogP contribution in [0.15, 0.2) is 109 Å². The van der Waals surface area contributed by atoms with Crippen molar-refractivity contribution in [3.05, 3.63) is 136 Å². The summed E-state index contributed by atoms with van der Waals surface area (Å²) in [5, 5.41) is 0.503. The van der Waals surface area contributed by atoms with E-state index in [4.69, 9.17) is 16.3 Å². The molecular formula is C36H32ClN3O5. The number of rotatable bonds is 9. The molecule has 45 heavy (non-hydrogen) atoms. The van der Waals surface area contributed by atoms with Crippen LogP contribution in [0.3, 0.4) is 0 Å². The molecule has 0 saturated carbocycles. The number of piperazine rings is 1. The predicted molar refractivity (Wildman–Crippen MR) is 171 cm³/mol. The van der Waals surface area contributed by atoms with E-state index in [-0.39, 0.29) is 35.6 Å². The number of carbonyl (C=O) groups is 4. The van der Waals surface area contributed by atoms with Gasteiger partial charge in [0.15, 0.2) is 12.4 Å². The van der Waals surface area contributed by atoms with Gasteiger partial charge in [0.2, 0.25) is 5.91 Å². The van der Waals surface area contributed by atoms with Crippen LogP contribution in [-0.4, -0.2) is 72.2 Å². The highest BCUT2D eigenvalue weighted by atomic mass is 35.5. The van der Waals surface area contributed by atoms with Gasteiger partial charge in [0, 0.05) is 36.8 Å². The molecule has 0 aliphatic carbocycles. The maximum atomic E-state index is 13.5. The van der Waals surface area contributed by atoms with Crippen molar-refractivity contribution in [1.82, 2.24) is 9.80 Å². The number of imide groups is 1. The van der Waals surface area contributed by atoms with E-state index >= 15 is 0 Å². The molecule has 1 atom stereocenters. The van der Waals surface area contributed by atoms with Crippen LogP contribution in [0.5, 0.6) is 0 Å². The molecule has 8 nitrogen and oxygen atoms in total. The second kappa shape index (κ2) is 13.6. The van der Waals surface area contributed by atoms with Crippen molar-refractivity contribution in [3.8, 4) is 0 Å². The minimum absolute atomic E-state index is 0.104. The second-order valence-corrected chi connectivity index (χ2v) is 11.6. The Balaban J connectivity index is 1.07. The van der Waals surface area contributed by atoms with Gasteiger partial charge in [0.05, 0.1) is 29.8 Å². The maximum Gasteiger partial charge on any atom is 0.338 e. The number of benzene rings is 4. The summed E-state index contributed by atoms with van der Waals surface area (Å²) in [7, 11) is 0. The zero-order chi connectivity index (χ0) is 31.3. The highest BCUT2D eigenvalue weighted by Gasteiger charge is 2.43. The van der Waals surface area contributed by atoms with E-state index in [1.165, 1.54) is 28.2 Å². The summed E-state index contributed by atoms with van der Waals surface area (Å²) in [6.07, 6.45) is 0.107. The topological polar surface area (TPSA) is 87.2 Å². The van der Waals surface area contributed by atoms with Crippen molar-refractivity contribution >= 4 is 40.9 Å². The van der Waals surface area contributed by atoms with Gasteiger partial charge in [-0.15, -0.1) is 0 Å². The lowest BCUT2D eigenvalue weighted by atomic mass is 9.96. The lowest BCUT2D eigenvalue weighted by Crippen LogP contribution is -2.53. The van der Waals surface area contributed by atoms with E-state index in [2.05, 4.69) is 58.3 Å². The molecule has 6 rings (SSSR count). The fraction of sp³-hybridized carbons (Fsp3) is 0.222. The third-order valence-corrected chi connectivity index (χ3v) is 8.62. The van der Waals surface area contributed by atoms with E-state index in [9.17, 15) is 19.2 Å². The van der Waals surface area contributed by atoms with Gasteiger partial charge in [-0.25, -0.2) is 9.69 Å². The number of amides is 2. The number of ether oxygens (including phenoxy) is 1. The van der Waals surface area contributed by atoms with Crippen LogP contribution in [0.25, 0.3) is 0 Å². The number of hydrogen-bond donors (Lipinski definition) is 0. The van der Waals surface area contributed by atoms with Crippen molar-refractivity contribution < 1.29 is 23.9 Å². The Morgan fingerprint density at radius 1 is 0.733 bits per heavy atom. The van der Waals surface area contributed by atoms with E-state index in [1.807, 2.05) is 12.1 Å². The molecule has 2 saturated heterocycles. The number of ketones is 1. The monoisotopic (exact) mass is 621 g/mol. The molecule has 0 N–H and O–H groups in total. The van der Waals surface area contributed by atoms with Crippen LogP contribution in [0, 0.1) is 0 Å². The number of halogens is 1. The molecule has 0 bridgehead atoms. The fourth-order valence-electron chi connectivity index (χ4n) is 6.04. The largest absolute Gasteiger partial charge is 0.454 e.